The van der Waals surface area contributed by atoms with Crippen LogP contribution in [0.3, 0.4) is 0 Å². The molecule has 0 fully saturated rings. The molecule has 0 atom stereocenters. The number of nitrogens with zero attached hydrogens (tertiary/aromatic N) is 1. The van der Waals surface area contributed by atoms with E-state index in [-0.39, 0.29) is 5.91 Å². The first-order valence-electron chi connectivity index (χ1n) is 7.37. The number of nitrogens with one attached hydrogen (secondary N) is 2. The first-order chi connectivity index (χ1) is 11.5. The van der Waals surface area contributed by atoms with Crippen LogP contribution in [0.5, 0.6) is 0 Å². The third kappa shape index (κ3) is 3.30. The summed E-state index contributed by atoms with van der Waals surface area (Å²) in [5.41, 5.74) is 3.78. The normalized spacial score (nSPS) is 11.8. The molecule has 1 heterocycles. The summed E-state index contributed by atoms with van der Waals surface area (Å²) in [4.78, 5) is 20.1. The highest BCUT2D eigenvalue weighted by atomic mass is 35.5. The van der Waals surface area contributed by atoms with Crippen molar-refractivity contribution in [3.8, 4) is 0 Å². The summed E-state index contributed by atoms with van der Waals surface area (Å²) in [7, 11) is 0. The molecule has 122 valence electrons. The highest BCUT2D eigenvalue weighted by molar-refractivity contribution is 6.37. The average molecular weight is 360 g/mol. The molecule has 0 bridgehead atoms. The number of allylic oxidation sites excluding steroid dienone is 2. The van der Waals surface area contributed by atoms with Crippen molar-refractivity contribution in [3.63, 3.8) is 0 Å². The van der Waals surface area contributed by atoms with E-state index in [0.29, 0.717) is 21.3 Å². The number of aromatic amines is 1. The fourth-order valence-corrected chi connectivity index (χ4v) is 2.78. The molecule has 0 aliphatic heterocycles. The van der Waals surface area contributed by atoms with Crippen LogP contribution < -0.4 is 5.32 Å². The van der Waals surface area contributed by atoms with Crippen LogP contribution in [0.2, 0.25) is 10.0 Å². The monoisotopic (exact) mass is 359 g/mol. The average Bonchev–Trinajstić information content (AvgIpc) is 2.97. The number of amides is 1. The van der Waals surface area contributed by atoms with Crippen molar-refractivity contribution in [3.05, 3.63) is 63.9 Å². The minimum absolute atomic E-state index is 0.291. The van der Waals surface area contributed by atoms with Crippen molar-refractivity contribution < 1.29 is 4.79 Å². The number of halogens is 2. The summed E-state index contributed by atoms with van der Waals surface area (Å²) >= 11 is 11.9. The van der Waals surface area contributed by atoms with E-state index in [9.17, 15) is 4.79 Å². The van der Waals surface area contributed by atoms with Crippen molar-refractivity contribution >= 4 is 51.4 Å². The van der Waals surface area contributed by atoms with E-state index in [1.54, 1.807) is 24.3 Å². The lowest BCUT2D eigenvalue weighted by molar-refractivity contribution is 0.102. The zero-order valence-corrected chi connectivity index (χ0v) is 14.7. The topological polar surface area (TPSA) is 57.8 Å². The minimum Gasteiger partial charge on any atom is -0.338 e. The number of hydrogen-bond acceptors (Lipinski definition) is 2. The third-order valence-corrected chi connectivity index (χ3v) is 4.27. The molecule has 0 radical (unpaired) electrons. The van der Waals surface area contributed by atoms with Crippen molar-refractivity contribution in [2.75, 3.05) is 5.32 Å². The quantitative estimate of drug-likeness (QED) is 0.644. The van der Waals surface area contributed by atoms with Gasteiger partial charge in [-0.1, -0.05) is 29.3 Å². The molecule has 1 aromatic heterocycles. The number of carbonyl (C=O) groups is 1. The predicted molar refractivity (Wildman–Crippen MR) is 99.8 cm³/mol. The zero-order chi connectivity index (χ0) is 17.3. The van der Waals surface area contributed by atoms with Crippen molar-refractivity contribution in [1.82, 2.24) is 9.97 Å². The van der Waals surface area contributed by atoms with Gasteiger partial charge < -0.3 is 10.3 Å². The maximum Gasteiger partial charge on any atom is 0.257 e. The lowest BCUT2D eigenvalue weighted by Crippen LogP contribution is -2.12. The van der Waals surface area contributed by atoms with Gasteiger partial charge in [0.05, 0.1) is 21.6 Å². The van der Waals surface area contributed by atoms with Gasteiger partial charge in [-0.05, 0) is 55.8 Å². The van der Waals surface area contributed by atoms with Gasteiger partial charge in [-0.2, -0.15) is 0 Å². The lowest BCUT2D eigenvalue weighted by Gasteiger charge is -2.07. The Hall–Kier alpha value is -2.30. The lowest BCUT2D eigenvalue weighted by atomic mass is 10.2. The number of hydrogen-bond donors (Lipinski definition) is 2. The van der Waals surface area contributed by atoms with Gasteiger partial charge in [0.25, 0.3) is 5.91 Å². The predicted octanol–water partition coefficient (Wildman–Crippen LogP) is 5.55. The Labute approximate surface area is 149 Å². The fourth-order valence-electron chi connectivity index (χ4n) is 2.28. The van der Waals surface area contributed by atoms with Crippen molar-refractivity contribution in [2.24, 2.45) is 0 Å². The van der Waals surface area contributed by atoms with Crippen LogP contribution in [0.25, 0.3) is 16.6 Å². The number of rotatable bonds is 3. The van der Waals surface area contributed by atoms with E-state index in [1.165, 1.54) is 0 Å². The Morgan fingerprint density at radius 3 is 2.71 bits per heavy atom. The Bertz CT molecular complexity index is 960. The molecule has 3 rings (SSSR count). The first-order valence-corrected chi connectivity index (χ1v) is 8.13. The second-order valence-corrected chi connectivity index (χ2v) is 6.21. The first kappa shape index (κ1) is 16.6. The molecular formula is C18H15Cl2N3O. The highest BCUT2D eigenvalue weighted by Gasteiger charge is 2.12. The van der Waals surface area contributed by atoms with Gasteiger partial charge in [0.15, 0.2) is 0 Å². The van der Waals surface area contributed by atoms with Gasteiger partial charge in [0.1, 0.15) is 5.82 Å². The SMILES string of the molecule is C/C=C(\C)c1nc2ccc(NC(=O)c3ccc(Cl)cc3Cl)cc2[nH]1. The second-order valence-electron chi connectivity index (χ2n) is 5.37. The molecule has 4 nitrogen and oxygen atoms in total. The molecule has 0 saturated heterocycles. The summed E-state index contributed by atoms with van der Waals surface area (Å²) in [6, 6.07) is 10.3. The number of fused-ring (bicyclic) bond motifs is 1. The van der Waals surface area contributed by atoms with Gasteiger partial charge in [0, 0.05) is 10.7 Å². The summed E-state index contributed by atoms with van der Waals surface area (Å²) in [5, 5.41) is 3.64. The molecule has 0 unspecified atom stereocenters. The van der Waals surface area contributed by atoms with Gasteiger partial charge in [-0.3, -0.25) is 4.79 Å². The maximum atomic E-state index is 12.4. The minimum atomic E-state index is -0.291. The van der Waals surface area contributed by atoms with E-state index in [1.807, 2.05) is 32.1 Å². The molecule has 24 heavy (non-hydrogen) atoms. The summed E-state index contributed by atoms with van der Waals surface area (Å²) in [6.07, 6.45) is 1.99. The zero-order valence-electron chi connectivity index (χ0n) is 13.2. The third-order valence-electron chi connectivity index (χ3n) is 3.72. The van der Waals surface area contributed by atoms with E-state index < -0.39 is 0 Å². The highest BCUT2D eigenvalue weighted by Crippen LogP contribution is 2.24. The molecule has 6 heteroatoms. The summed E-state index contributed by atoms with van der Waals surface area (Å²) in [5.74, 6) is 0.525. The molecule has 3 aromatic rings. The standard InChI is InChI=1S/C18H15Cl2N3O/c1-3-10(2)17-22-15-7-5-12(9-16(15)23-17)21-18(24)13-6-4-11(19)8-14(13)20/h3-9H,1-2H3,(H,21,24)(H,22,23)/b10-3+. The Kier molecular flexibility index (Phi) is 4.60. The summed E-state index contributed by atoms with van der Waals surface area (Å²) < 4.78 is 0. The molecular weight excluding hydrogens is 345 g/mol. The number of imidazole rings is 1. The Morgan fingerprint density at radius 1 is 1.21 bits per heavy atom. The molecule has 0 spiro atoms. The van der Waals surface area contributed by atoms with E-state index in [0.717, 1.165) is 22.4 Å². The van der Waals surface area contributed by atoms with Crippen LogP contribution in [-0.4, -0.2) is 15.9 Å². The van der Waals surface area contributed by atoms with Crippen molar-refractivity contribution in [1.29, 1.82) is 0 Å². The molecule has 2 N–H and O–H groups in total. The Morgan fingerprint density at radius 2 is 2.00 bits per heavy atom. The molecule has 1 amide bonds. The number of benzene rings is 2. The molecule has 2 aromatic carbocycles. The van der Waals surface area contributed by atoms with E-state index >= 15 is 0 Å². The van der Waals surface area contributed by atoms with Gasteiger partial charge in [-0.15, -0.1) is 0 Å². The Balaban J connectivity index is 1.88. The number of H-pyrrole nitrogens is 1. The number of carbonyl (C=O) groups excluding carboxylic acids is 1. The molecule has 0 aliphatic carbocycles. The number of aromatic nitrogens is 2. The number of anilines is 1. The maximum absolute atomic E-state index is 12.4. The van der Waals surface area contributed by atoms with Crippen LogP contribution in [0.1, 0.15) is 30.0 Å². The van der Waals surface area contributed by atoms with Crippen LogP contribution in [-0.2, 0) is 0 Å². The van der Waals surface area contributed by atoms with E-state index in [2.05, 4.69) is 15.3 Å². The van der Waals surface area contributed by atoms with Crippen LogP contribution in [0.4, 0.5) is 5.69 Å². The van der Waals surface area contributed by atoms with Gasteiger partial charge in [-0.25, -0.2) is 4.98 Å². The largest absolute Gasteiger partial charge is 0.338 e. The van der Waals surface area contributed by atoms with Gasteiger partial charge in [0.2, 0.25) is 0 Å². The second kappa shape index (κ2) is 6.67. The smallest absolute Gasteiger partial charge is 0.257 e. The van der Waals surface area contributed by atoms with Gasteiger partial charge >= 0.3 is 0 Å². The van der Waals surface area contributed by atoms with Crippen LogP contribution >= 0.6 is 23.2 Å². The van der Waals surface area contributed by atoms with Crippen LogP contribution in [0, 0.1) is 0 Å². The molecule has 0 aliphatic rings. The van der Waals surface area contributed by atoms with Crippen molar-refractivity contribution in [2.45, 2.75) is 13.8 Å². The van der Waals surface area contributed by atoms with E-state index in [4.69, 9.17) is 23.2 Å². The summed E-state index contributed by atoms with van der Waals surface area (Å²) in [6.45, 7) is 3.95. The fraction of sp³-hybridized carbons (Fsp3) is 0.111. The van der Waals surface area contributed by atoms with Crippen LogP contribution in [0.15, 0.2) is 42.5 Å². The molecule has 0 saturated carbocycles.